The van der Waals surface area contributed by atoms with Gasteiger partial charge in [0, 0.05) is 12.8 Å². The van der Waals surface area contributed by atoms with Crippen LogP contribution in [0.1, 0.15) is 20.3 Å². The van der Waals surface area contributed by atoms with Crippen molar-refractivity contribution in [3.8, 4) is 0 Å². The molecule has 5 nitrogen and oxygen atoms in total. The molecule has 1 aliphatic heterocycles. The number of para-hydroxylation sites is 1. The van der Waals surface area contributed by atoms with E-state index in [9.17, 15) is 9.00 Å². The average molecular weight is 324 g/mol. The first kappa shape index (κ1) is 17.0. The second kappa shape index (κ2) is 7.74. The Morgan fingerprint density at radius 2 is 2.18 bits per heavy atom. The highest BCUT2D eigenvalue weighted by Crippen LogP contribution is 2.21. The molecule has 2 amide bonds. The first-order valence-electron chi connectivity index (χ1n) is 7.57. The van der Waals surface area contributed by atoms with Crippen LogP contribution in [-0.4, -0.2) is 47.2 Å². The van der Waals surface area contributed by atoms with E-state index in [1.54, 1.807) is 18.4 Å². The lowest BCUT2D eigenvalue weighted by molar-refractivity contribution is 0.00856. The normalized spacial score (nSPS) is 20.0. The van der Waals surface area contributed by atoms with Crippen molar-refractivity contribution in [3.05, 3.63) is 24.3 Å². The molecule has 0 saturated carbocycles. The van der Waals surface area contributed by atoms with Gasteiger partial charge in [-0.2, -0.15) is 0 Å². The van der Waals surface area contributed by atoms with Crippen molar-refractivity contribution in [2.45, 2.75) is 31.2 Å². The van der Waals surface area contributed by atoms with E-state index < -0.39 is 10.8 Å². The minimum Gasteiger partial charge on any atom is -0.377 e. The number of rotatable bonds is 4. The fraction of sp³-hybridized carbons (Fsp3) is 0.562. The van der Waals surface area contributed by atoms with Crippen molar-refractivity contribution >= 4 is 22.5 Å². The van der Waals surface area contributed by atoms with Crippen molar-refractivity contribution < 1.29 is 13.7 Å². The summed E-state index contributed by atoms with van der Waals surface area (Å²) in [6.07, 6.45) is 2.52. The van der Waals surface area contributed by atoms with E-state index in [1.165, 1.54) is 0 Å². The Kier molecular flexibility index (Phi) is 5.97. The third-order valence-electron chi connectivity index (χ3n) is 3.67. The highest BCUT2D eigenvalue weighted by molar-refractivity contribution is 7.84. The minimum atomic E-state index is -1.14. The Morgan fingerprint density at radius 1 is 1.45 bits per heavy atom. The molecular formula is C16H24N2O3S. The van der Waals surface area contributed by atoms with Crippen molar-refractivity contribution in [1.82, 2.24) is 4.90 Å². The largest absolute Gasteiger partial charge is 0.377 e. The molecule has 1 heterocycles. The molecule has 1 N–H and O–H groups in total. The highest BCUT2D eigenvalue weighted by Gasteiger charge is 2.28. The van der Waals surface area contributed by atoms with Crippen molar-refractivity contribution in [3.63, 3.8) is 0 Å². The maximum atomic E-state index is 12.6. The number of urea groups is 1. The average Bonchev–Trinajstić information content (AvgIpc) is 2.47. The van der Waals surface area contributed by atoms with Crippen LogP contribution < -0.4 is 5.32 Å². The molecule has 0 aromatic heterocycles. The summed E-state index contributed by atoms with van der Waals surface area (Å²) in [7, 11) is -1.14. The summed E-state index contributed by atoms with van der Waals surface area (Å²) in [6.45, 7) is 6.00. The van der Waals surface area contributed by atoms with Gasteiger partial charge in [-0.15, -0.1) is 0 Å². The third-order valence-corrected chi connectivity index (χ3v) is 4.65. The zero-order valence-corrected chi connectivity index (χ0v) is 14.2. The summed E-state index contributed by atoms with van der Waals surface area (Å²) in [5, 5.41) is 2.90. The summed E-state index contributed by atoms with van der Waals surface area (Å²) < 4.78 is 17.3. The zero-order chi connectivity index (χ0) is 16.1. The van der Waals surface area contributed by atoms with Gasteiger partial charge in [-0.1, -0.05) is 26.0 Å². The zero-order valence-electron chi connectivity index (χ0n) is 13.4. The number of amides is 2. The predicted molar refractivity (Wildman–Crippen MR) is 88.6 cm³/mol. The van der Waals surface area contributed by atoms with Gasteiger partial charge in [0.1, 0.15) is 0 Å². The Bertz CT molecular complexity index is 548. The lowest BCUT2D eigenvalue weighted by atomic mass is 10.0. The molecule has 1 aromatic carbocycles. The molecule has 2 rings (SSSR count). The van der Waals surface area contributed by atoms with Crippen LogP contribution in [0.25, 0.3) is 0 Å². The first-order chi connectivity index (χ1) is 10.5. The number of carbonyl (C=O) groups is 1. The van der Waals surface area contributed by atoms with Crippen LogP contribution in [0.2, 0.25) is 0 Å². The molecule has 22 heavy (non-hydrogen) atoms. The predicted octanol–water partition coefficient (Wildman–Crippen LogP) is 2.70. The quantitative estimate of drug-likeness (QED) is 0.926. The number of nitrogens with zero attached hydrogens (tertiary/aromatic N) is 1. The van der Waals surface area contributed by atoms with Crippen molar-refractivity contribution in [1.29, 1.82) is 0 Å². The van der Waals surface area contributed by atoms with Gasteiger partial charge >= 0.3 is 6.03 Å². The molecule has 6 heteroatoms. The first-order valence-corrected chi connectivity index (χ1v) is 9.12. The number of hydrogen-bond acceptors (Lipinski definition) is 3. The van der Waals surface area contributed by atoms with Crippen LogP contribution in [0.5, 0.6) is 0 Å². The summed E-state index contributed by atoms with van der Waals surface area (Å²) in [6, 6.07) is 7.16. The molecule has 1 saturated heterocycles. The van der Waals surface area contributed by atoms with Crippen LogP contribution in [0.4, 0.5) is 10.5 Å². The number of hydrogen-bond donors (Lipinski definition) is 1. The third kappa shape index (κ3) is 4.30. The molecule has 1 aromatic rings. The summed E-state index contributed by atoms with van der Waals surface area (Å²) in [4.78, 5) is 15.1. The molecular weight excluding hydrogens is 300 g/mol. The molecule has 0 bridgehead atoms. The van der Waals surface area contributed by atoms with Crippen molar-refractivity contribution in [2.75, 3.05) is 31.3 Å². The van der Waals surface area contributed by atoms with Gasteiger partial charge in [-0.05, 0) is 24.5 Å². The van der Waals surface area contributed by atoms with E-state index >= 15 is 0 Å². The lowest BCUT2D eigenvalue weighted by Crippen LogP contribution is -2.50. The van der Waals surface area contributed by atoms with Gasteiger partial charge in [0.25, 0.3) is 0 Å². The lowest BCUT2D eigenvalue weighted by Gasteiger charge is -2.36. The molecule has 1 aliphatic rings. The number of morpholine rings is 1. The number of carbonyl (C=O) groups excluding carboxylic acids is 1. The number of anilines is 1. The van der Waals surface area contributed by atoms with Gasteiger partial charge in [0.2, 0.25) is 0 Å². The Labute approximate surface area is 134 Å². The number of ether oxygens (including phenoxy) is 1. The van der Waals surface area contributed by atoms with Crippen LogP contribution in [0.15, 0.2) is 29.2 Å². The van der Waals surface area contributed by atoms with Gasteiger partial charge in [0.05, 0.1) is 40.6 Å². The maximum Gasteiger partial charge on any atom is 0.322 e. The number of nitrogens with one attached hydrogen (secondary N) is 1. The van der Waals surface area contributed by atoms with Gasteiger partial charge in [-0.3, -0.25) is 4.21 Å². The van der Waals surface area contributed by atoms with E-state index in [4.69, 9.17) is 4.74 Å². The molecule has 122 valence electrons. The minimum absolute atomic E-state index is 0.0908. The van der Waals surface area contributed by atoms with Gasteiger partial charge in [-0.25, -0.2) is 4.79 Å². The standard InChI is InChI=1S/C16H24N2O3S/c1-12(2)10-13-11-21-9-8-18(13)16(19)17-14-6-4-5-7-15(14)22(3)20/h4-7,12-13H,8-11H2,1-3H3,(H,17,19)/t13-,22+/m0/s1. The summed E-state index contributed by atoms with van der Waals surface area (Å²) in [5.41, 5.74) is 0.614. The van der Waals surface area contributed by atoms with E-state index in [0.717, 1.165) is 6.42 Å². The van der Waals surface area contributed by atoms with Crippen LogP contribution in [-0.2, 0) is 15.5 Å². The van der Waals surface area contributed by atoms with Crippen LogP contribution in [0.3, 0.4) is 0 Å². The second-order valence-corrected chi connectivity index (χ2v) is 7.28. The van der Waals surface area contributed by atoms with Gasteiger partial charge in [0.15, 0.2) is 0 Å². The Balaban J connectivity index is 2.12. The molecule has 0 aliphatic carbocycles. The second-order valence-electron chi connectivity index (χ2n) is 5.93. The Morgan fingerprint density at radius 3 is 2.86 bits per heavy atom. The summed E-state index contributed by atoms with van der Waals surface area (Å²) in [5.74, 6) is 0.498. The van der Waals surface area contributed by atoms with E-state index in [1.807, 2.05) is 17.0 Å². The van der Waals surface area contributed by atoms with Gasteiger partial charge < -0.3 is 15.0 Å². The topological polar surface area (TPSA) is 58.6 Å². The van der Waals surface area contributed by atoms with Crippen LogP contribution >= 0.6 is 0 Å². The highest BCUT2D eigenvalue weighted by atomic mass is 32.2. The van der Waals surface area contributed by atoms with E-state index in [0.29, 0.717) is 36.3 Å². The summed E-state index contributed by atoms with van der Waals surface area (Å²) >= 11 is 0. The fourth-order valence-corrected chi connectivity index (χ4v) is 3.37. The molecule has 1 fully saturated rings. The van der Waals surface area contributed by atoms with E-state index in [-0.39, 0.29) is 12.1 Å². The molecule has 0 spiro atoms. The number of benzene rings is 1. The molecule has 2 atom stereocenters. The molecule has 0 radical (unpaired) electrons. The smallest absolute Gasteiger partial charge is 0.322 e. The maximum absolute atomic E-state index is 12.6. The Hall–Kier alpha value is -1.40. The SMILES string of the molecule is CC(C)C[C@H]1COCCN1C(=O)Nc1ccccc1[S@@](C)=O. The van der Waals surface area contributed by atoms with E-state index in [2.05, 4.69) is 19.2 Å². The fourth-order valence-electron chi connectivity index (χ4n) is 2.67. The van der Waals surface area contributed by atoms with Crippen LogP contribution in [0, 0.1) is 5.92 Å². The molecule has 0 unspecified atom stereocenters. The van der Waals surface area contributed by atoms with Crippen molar-refractivity contribution in [2.24, 2.45) is 5.92 Å². The monoisotopic (exact) mass is 324 g/mol.